The van der Waals surface area contributed by atoms with Crippen LogP contribution in [0.2, 0.25) is 0 Å². The van der Waals surface area contributed by atoms with Crippen molar-refractivity contribution in [1.82, 2.24) is 0 Å². The summed E-state index contributed by atoms with van der Waals surface area (Å²) in [6.07, 6.45) is 1.09. The van der Waals surface area contributed by atoms with Gasteiger partial charge in [-0.25, -0.2) is 0 Å². The summed E-state index contributed by atoms with van der Waals surface area (Å²) >= 11 is 0. The maximum atomic E-state index is 6.04. The zero-order valence-corrected chi connectivity index (χ0v) is 12.9. The highest BCUT2D eigenvalue weighted by atomic mass is 16.5. The molecule has 0 saturated carbocycles. The number of hydrogen-bond donors (Lipinski definition) is 2. The van der Waals surface area contributed by atoms with E-state index < -0.39 is 0 Å². The third-order valence-corrected chi connectivity index (χ3v) is 3.61. The Labute approximate surface area is 117 Å². The van der Waals surface area contributed by atoms with Crippen molar-refractivity contribution in [3.8, 4) is 5.75 Å². The van der Waals surface area contributed by atoms with E-state index in [-0.39, 0.29) is 5.41 Å². The number of ether oxygens (including phenoxy) is 1. The van der Waals surface area contributed by atoms with E-state index in [0.717, 1.165) is 17.9 Å². The van der Waals surface area contributed by atoms with Crippen LogP contribution in [0.3, 0.4) is 0 Å². The van der Waals surface area contributed by atoms with E-state index in [4.69, 9.17) is 10.5 Å². The molecular weight excluding hydrogens is 236 g/mol. The normalized spacial score (nSPS) is 13.2. The Hall–Kier alpha value is -1.22. The molecule has 0 saturated heterocycles. The predicted octanol–water partition coefficient (Wildman–Crippen LogP) is 3.61. The first kappa shape index (κ1) is 15.8. The van der Waals surface area contributed by atoms with Gasteiger partial charge in [0.25, 0.3) is 0 Å². The molecular formula is C16H28N2O. The largest absolute Gasteiger partial charge is 0.493 e. The van der Waals surface area contributed by atoms with Gasteiger partial charge in [-0.2, -0.15) is 0 Å². The Bertz CT molecular complexity index is 402. The van der Waals surface area contributed by atoms with Crippen molar-refractivity contribution in [2.45, 2.75) is 40.0 Å². The molecule has 0 aliphatic rings. The van der Waals surface area contributed by atoms with E-state index in [1.165, 1.54) is 5.56 Å². The molecule has 0 aromatic heterocycles. The second-order valence-electron chi connectivity index (χ2n) is 5.93. The minimum atomic E-state index is 0.00235. The average molecular weight is 264 g/mol. The van der Waals surface area contributed by atoms with Crippen LogP contribution in [0.25, 0.3) is 0 Å². The number of nitrogens with one attached hydrogen (secondary N) is 1. The Morgan fingerprint density at radius 3 is 2.58 bits per heavy atom. The highest BCUT2D eigenvalue weighted by Gasteiger charge is 2.19. The van der Waals surface area contributed by atoms with Gasteiger partial charge in [0.2, 0.25) is 0 Å². The molecule has 1 atom stereocenters. The number of nitrogens with two attached hydrogens (primary N) is 1. The van der Waals surface area contributed by atoms with Crippen molar-refractivity contribution >= 4 is 5.69 Å². The van der Waals surface area contributed by atoms with Crippen molar-refractivity contribution in [2.24, 2.45) is 11.1 Å². The molecule has 1 aromatic rings. The first-order chi connectivity index (χ1) is 8.95. The summed E-state index contributed by atoms with van der Waals surface area (Å²) in [6.45, 7) is 9.94. The van der Waals surface area contributed by atoms with Crippen molar-refractivity contribution in [1.29, 1.82) is 0 Å². The summed E-state index contributed by atoms with van der Waals surface area (Å²) in [5.74, 6) is 1.45. The Morgan fingerprint density at radius 2 is 2.05 bits per heavy atom. The van der Waals surface area contributed by atoms with Gasteiger partial charge in [0.1, 0.15) is 5.75 Å². The van der Waals surface area contributed by atoms with Gasteiger partial charge in [-0.05, 0) is 24.5 Å². The zero-order chi connectivity index (χ0) is 14.5. The van der Waals surface area contributed by atoms with Crippen LogP contribution in [0.4, 0.5) is 5.69 Å². The van der Waals surface area contributed by atoms with Crippen LogP contribution >= 0.6 is 0 Å². The molecule has 3 heteroatoms. The summed E-state index contributed by atoms with van der Waals surface area (Å²) in [6, 6.07) is 6.18. The Morgan fingerprint density at radius 1 is 1.37 bits per heavy atom. The molecule has 0 aliphatic carbocycles. The average Bonchev–Trinajstić information content (AvgIpc) is 2.43. The predicted molar refractivity (Wildman–Crippen MR) is 83.0 cm³/mol. The van der Waals surface area contributed by atoms with E-state index in [0.29, 0.717) is 19.1 Å². The topological polar surface area (TPSA) is 47.3 Å². The SMILES string of the molecule is CCC(C)c1c(NC)cccc1OCC(C)(C)CN. The molecule has 0 heterocycles. The van der Waals surface area contributed by atoms with Crippen LogP contribution in [-0.4, -0.2) is 20.2 Å². The van der Waals surface area contributed by atoms with E-state index in [1.54, 1.807) is 0 Å². The zero-order valence-electron chi connectivity index (χ0n) is 12.9. The molecule has 0 amide bonds. The summed E-state index contributed by atoms with van der Waals surface area (Å²) in [5.41, 5.74) is 8.18. The fraction of sp³-hybridized carbons (Fsp3) is 0.625. The minimum Gasteiger partial charge on any atom is -0.493 e. The van der Waals surface area contributed by atoms with Crippen molar-refractivity contribution in [3.05, 3.63) is 23.8 Å². The van der Waals surface area contributed by atoms with Gasteiger partial charge in [-0.15, -0.1) is 0 Å². The lowest BCUT2D eigenvalue weighted by Crippen LogP contribution is -2.30. The first-order valence-electron chi connectivity index (χ1n) is 7.08. The van der Waals surface area contributed by atoms with Crippen LogP contribution in [0.5, 0.6) is 5.75 Å². The molecule has 3 N–H and O–H groups in total. The molecule has 0 bridgehead atoms. The van der Waals surface area contributed by atoms with Crippen molar-refractivity contribution < 1.29 is 4.74 Å². The maximum Gasteiger partial charge on any atom is 0.124 e. The van der Waals surface area contributed by atoms with Gasteiger partial charge in [-0.1, -0.05) is 33.8 Å². The molecule has 108 valence electrons. The van der Waals surface area contributed by atoms with Gasteiger partial charge in [0, 0.05) is 30.3 Å². The van der Waals surface area contributed by atoms with Crippen LogP contribution in [0.15, 0.2) is 18.2 Å². The first-order valence-corrected chi connectivity index (χ1v) is 7.08. The molecule has 19 heavy (non-hydrogen) atoms. The van der Waals surface area contributed by atoms with Gasteiger partial charge in [-0.3, -0.25) is 0 Å². The second kappa shape index (κ2) is 6.80. The number of benzene rings is 1. The molecule has 1 rings (SSSR count). The van der Waals surface area contributed by atoms with Gasteiger partial charge in [0.05, 0.1) is 6.61 Å². The third kappa shape index (κ3) is 4.13. The standard InChI is InChI=1S/C16H28N2O/c1-6-12(2)15-13(18-5)8-7-9-14(15)19-11-16(3,4)10-17/h7-9,12,18H,6,10-11,17H2,1-5H3. The van der Waals surface area contributed by atoms with Crippen LogP contribution in [-0.2, 0) is 0 Å². The summed E-state index contributed by atoms with van der Waals surface area (Å²) in [4.78, 5) is 0. The lowest BCUT2D eigenvalue weighted by molar-refractivity contribution is 0.185. The van der Waals surface area contributed by atoms with Gasteiger partial charge in [0.15, 0.2) is 0 Å². The molecule has 0 fully saturated rings. The van der Waals surface area contributed by atoms with E-state index in [2.05, 4.69) is 45.1 Å². The monoisotopic (exact) mass is 264 g/mol. The fourth-order valence-electron chi connectivity index (χ4n) is 1.93. The van der Waals surface area contributed by atoms with Crippen LogP contribution in [0, 0.1) is 5.41 Å². The summed E-state index contributed by atoms with van der Waals surface area (Å²) < 4.78 is 6.04. The maximum absolute atomic E-state index is 6.04. The highest BCUT2D eigenvalue weighted by Crippen LogP contribution is 2.35. The van der Waals surface area contributed by atoms with E-state index in [9.17, 15) is 0 Å². The van der Waals surface area contributed by atoms with Crippen molar-refractivity contribution in [3.63, 3.8) is 0 Å². The molecule has 0 aliphatic heterocycles. The van der Waals surface area contributed by atoms with E-state index in [1.807, 2.05) is 13.1 Å². The minimum absolute atomic E-state index is 0.00235. The summed E-state index contributed by atoms with van der Waals surface area (Å²) in [7, 11) is 1.95. The van der Waals surface area contributed by atoms with Crippen LogP contribution < -0.4 is 15.8 Å². The smallest absolute Gasteiger partial charge is 0.124 e. The number of hydrogen-bond acceptors (Lipinski definition) is 3. The highest BCUT2D eigenvalue weighted by molar-refractivity contribution is 5.58. The van der Waals surface area contributed by atoms with Gasteiger partial charge >= 0.3 is 0 Å². The fourth-order valence-corrected chi connectivity index (χ4v) is 1.93. The molecule has 0 spiro atoms. The number of anilines is 1. The summed E-state index contributed by atoms with van der Waals surface area (Å²) in [5, 5.41) is 3.26. The molecule has 0 radical (unpaired) electrons. The molecule has 1 aromatic carbocycles. The Balaban J connectivity index is 3.00. The van der Waals surface area contributed by atoms with Crippen molar-refractivity contribution in [2.75, 3.05) is 25.5 Å². The third-order valence-electron chi connectivity index (χ3n) is 3.61. The van der Waals surface area contributed by atoms with Gasteiger partial charge < -0.3 is 15.8 Å². The Kier molecular flexibility index (Phi) is 5.67. The lowest BCUT2D eigenvalue weighted by atomic mass is 9.94. The number of rotatable bonds is 7. The molecule has 3 nitrogen and oxygen atoms in total. The lowest BCUT2D eigenvalue weighted by Gasteiger charge is -2.25. The molecule has 1 unspecified atom stereocenters. The van der Waals surface area contributed by atoms with Crippen LogP contribution in [0.1, 0.15) is 45.6 Å². The quantitative estimate of drug-likeness (QED) is 0.791. The van der Waals surface area contributed by atoms with E-state index >= 15 is 0 Å². The second-order valence-corrected chi connectivity index (χ2v) is 5.93.